The molecule has 0 saturated carbocycles. The maximum absolute atomic E-state index is 12.2. The van der Waals surface area contributed by atoms with Crippen LogP contribution >= 0.6 is 0 Å². The van der Waals surface area contributed by atoms with Crippen LogP contribution in [0, 0.1) is 20.8 Å². The van der Waals surface area contributed by atoms with Crippen LogP contribution in [0.15, 0.2) is 0 Å². The fourth-order valence-corrected chi connectivity index (χ4v) is 2.24. The zero-order valence-corrected chi connectivity index (χ0v) is 13.7. The molecule has 0 aromatic carbocycles. The van der Waals surface area contributed by atoms with Crippen LogP contribution in [0.2, 0.25) is 0 Å². The van der Waals surface area contributed by atoms with E-state index >= 15 is 0 Å². The lowest BCUT2D eigenvalue weighted by molar-refractivity contribution is 0.205. The maximum atomic E-state index is 12.2. The van der Waals surface area contributed by atoms with Crippen molar-refractivity contribution >= 4 is 6.03 Å². The zero-order valence-electron chi connectivity index (χ0n) is 13.7. The normalized spacial score (nSPS) is 12.2. The molecular weight excluding hydrogens is 282 g/mol. The Labute approximate surface area is 129 Å². The highest BCUT2D eigenvalue weighted by Gasteiger charge is 2.17. The van der Waals surface area contributed by atoms with Gasteiger partial charge in [0.05, 0.1) is 11.7 Å². The molecule has 0 aliphatic heterocycles. The summed E-state index contributed by atoms with van der Waals surface area (Å²) in [5.74, 6) is 1.32. The molecule has 0 aliphatic rings. The molecule has 0 saturated heterocycles. The first-order valence-corrected chi connectivity index (χ1v) is 7.29. The van der Waals surface area contributed by atoms with E-state index in [9.17, 15) is 4.79 Å². The number of aryl methyl sites for hydroxylation is 3. The van der Waals surface area contributed by atoms with Gasteiger partial charge in [0.15, 0.2) is 5.82 Å². The van der Waals surface area contributed by atoms with Crippen molar-refractivity contribution in [3.05, 3.63) is 28.6 Å². The quantitative estimate of drug-likeness (QED) is 0.777. The van der Waals surface area contributed by atoms with E-state index in [4.69, 9.17) is 0 Å². The van der Waals surface area contributed by atoms with Gasteiger partial charge in [-0.3, -0.25) is 10.2 Å². The molecule has 2 aromatic rings. The highest BCUT2D eigenvalue weighted by Crippen LogP contribution is 2.11. The molecule has 0 radical (unpaired) electrons. The number of nitrogens with zero attached hydrogens (tertiary/aromatic N) is 4. The standard InChI is InChI=1S/C14H23N7O/c1-8-12(9(2)18-17-8)6-7-21(5)14(22)15-10(3)13-16-11(4)19-20-13/h10H,6-7H2,1-5H3,(H,15,22)(H,17,18)(H,16,19,20)/t10-/m1/s1. The predicted molar refractivity (Wildman–Crippen MR) is 82.5 cm³/mol. The number of aromatic amines is 2. The van der Waals surface area contributed by atoms with Gasteiger partial charge in [-0.15, -0.1) is 0 Å². The highest BCUT2D eigenvalue weighted by atomic mass is 16.2. The number of amides is 2. The minimum atomic E-state index is -0.239. The molecule has 0 unspecified atom stereocenters. The van der Waals surface area contributed by atoms with Gasteiger partial charge >= 0.3 is 6.03 Å². The molecule has 2 heterocycles. The van der Waals surface area contributed by atoms with E-state index in [1.165, 1.54) is 0 Å². The molecule has 3 N–H and O–H groups in total. The number of nitrogens with one attached hydrogen (secondary N) is 3. The Morgan fingerprint density at radius 3 is 2.55 bits per heavy atom. The first kappa shape index (κ1) is 16.0. The number of carbonyl (C=O) groups is 1. The van der Waals surface area contributed by atoms with Gasteiger partial charge in [-0.1, -0.05) is 0 Å². The van der Waals surface area contributed by atoms with Gasteiger partial charge in [0.25, 0.3) is 0 Å². The largest absolute Gasteiger partial charge is 0.328 e. The first-order valence-electron chi connectivity index (χ1n) is 7.29. The summed E-state index contributed by atoms with van der Waals surface area (Å²) in [6, 6.07) is -0.383. The van der Waals surface area contributed by atoms with Gasteiger partial charge in [-0.05, 0) is 39.7 Å². The molecule has 0 bridgehead atoms. The Bertz CT molecular complexity index is 626. The predicted octanol–water partition coefficient (Wildman–Crippen LogP) is 1.40. The molecular formula is C14H23N7O. The van der Waals surface area contributed by atoms with Crippen LogP contribution in [0.3, 0.4) is 0 Å². The van der Waals surface area contributed by atoms with Gasteiger partial charge in [0, 0.05) is 19.3 Å². The summed E-state index contributed by atoms with van der Waals surface area (Å²) < 4.78 is 0. The zero-order chi connectivity index (χ0) is 16.3. The number of carbonyl (C=O) groups excluding carboxylic acids is 1. The average molecular weight is 305 g/mol. The van der Waals surface area contributed by atoms with Gasteiger partial charge in [0.1, 0.15) is 5.82 Å². The lowest BCUT2D eigenvalue weighted by atomic mass is 10.1. The number of hydrogen-bond acceptors (Lipinski definition) is 4. The van der Waals surface area contributed by atoms with Gasteiger partial charge < -0.3 is 10.2 Å². The topological polar surface area (TPSA) is 103 Å². The smallest absolute Gasteiger partial charge is 0.317 e. The highest BCUT2D eigenvalue weighted by molar-refractivity contribution is 5.74. The van der Waals surface area contributed by atoms with Gasteiger partial charge in [0.2, 0.25) is 0 Å². The summed E-state index contributed by atoms with van der Waals surface area (Å²) in [5.41, 5.74) is 3.20. The Balaban J connectivity index is 1.87. The van der Waals surface area contributed by atoms with Crippen molar-refractivity contribution in [3.63, 3.8) is 0 Å². The molecule has 0 aliphatic carbocycles. The molecule has 2 amide bonds. The summed E-state index contributed by atoms with van der Waals surface area (Å²) >= 11 is 0. The third kappa shape index (κ3) is 3.63. The second kappa shape index (κ2) is 6.59. The van der Waals surface area contributed by atoms with Crippen LogP contribution in [0.1, 0.15) is 41.6 Å². The van der Waals surface area contributed by atoms with E-state index in [1.807, 2.05) is 27.7 Å². The van der Waals surface area contributed by atoms with E-state index in [1.54, 1.807) is 11.9 Å². The minimum absolute atomic E-state index is 0.145. The monoisotopic (exact) mass is 305 g/mol. The van der Waals surface area contributed by atoms with Crippen LogP contribution in [0.25, 0.3) is 0 Å². The summed E-state index contributed by atoms with van der Waals surface area (Å²) in [6.45, 7) is 8.26. The van der Waals surface area contributed by atoms with Crippen molar-refractivity contribution < 1.29 is 4.79 Å². The number of rotatable bonds is 5. The third-order valence-electron chi connectivity index (χ3n) is 3.67. The van der Waals surface area contributed by atoms with E-state index in [-0.39, 0.29) is 12.1 Å². The summed E-state index contributed by atoms with van der Waals surface area (Å²) in [7, 11) is 1.77. The summed E-state index contributed by atoms with van der Waals surface area (Å²) in [5, 5.41) is 16.8. The van der Waals surface area contributed by atoms with E-state index < -0.39 is 0 Å². The van der Waals surface area contributed by atoms with E-state index in [0.717, 1.165) is 29.2 Å². The summed E-state index contributed by atoms with van der Waals surface area (Å²) in [4.78, 5) is 18.1. The first-order chi connectivity index (χ1) is 10.4. The molecule has 1 atom stereocenters. The Morgan fingerprint density at radius 1 is 1.27 bits per heavy atom. The van der Waals surface area contributed by atoms with Crippen LogP contribution in [-0.4, -0.2) is 49.9 Å². The molecule has 0 spiro atoms. The number of hydrogen-bond donors (Lipinski definition) is 3. The fourth-order valence-electron chi connectivity index (χ4n) is 2.24. The van der Waals surface area contributed by atoms with Gasteiger partial charge in [-0.2, -0.15) is 10.2 Å². The molecule has 8 heteroatoms. The van der Waals surface area contributed by atoms with Crippen molar-refractivity contribution in [1.82, 2.24) is 35.6 Å². The number of aromatic nitrogens is 5. The molecule has 0 fully saturated rings. The van der Waals surface area contributed by atoms with E-state index in [0.29, 0.717) is 12.4 Å². The van der Waals surface area contributed by atoms with Crippen LogP contribution in [0.4, 0.5) is 4.79 Å². The molecule has 120 valence electrons. The number of H-pyrrole nitrogens is 2. The number of likely N-dealkylation sites (N-methyl/N-ethyl adjacent to an activating group) is 1. The molecule has 2 aromatic heterocycles. The van der Waals surface area contributed by atoms with Crippen LogP contribution in [-0.2, 0) is 6.42 Å². The fraction of sp³-hybridized carbons (Fsp3) is 0.571. The van der Waals surface area contributed by atoms with Crippen molar-refractivity contribution in [2.24, 2.45) is 0 Å². The second-order valence-corrected chi connectivity index (χ2v) is 5.53. The lowest BCUT2D eigenvalue weighted by Gasteiger charge is -2.20. The van der Waals surface area contributed by atoms with Crippen LogP contribution in [0.5, 0.6) is 0 Å². The Hall–Kier alpha value is -2.38. The molecule has 8 nitrogen and oxygen atoms in total. The third-order valence-corrected chi connectivity index (χ3v) is 3.67. The van der Waals surface area contributed by atoms with Crippen molar-refractivity contribution in [1.29, 1.82) is 0 Å². The minimum Gasteiger partial charge on any atom is -0.328 e. The van der Waals surface area contributed by atoms with E-state index in [2.05, 4.69) is 30.7 Å². The Morgan fingerprint density at radius 2 is 2.00 bits per heavy atom. The molecule has 2 rings (SSSR count). The summed E-state index contributed by atoms with van der Waals surface area (Å²) in [6.07, 6.45) is 0.770. The SMILES string of the molecule is Cc1nc([C@@H](C)NC(=O)N(C)CCc2c(C)n[nH]c2C)n[nH]1. The van der Waals surface area contributed by atoms with Crippen molar-refractivity contribution in [2.45, 2.75) is 40.2 Å². The number of urea groups is 1. The van der Waals surface area contributed by atoms with Crippen molar-refractivity contribution in [3.8, 4) is 0 Å². The lowest BCUT2D eigenvalue weighted by Crippen LogP contribution is -2.39. The Kier molecular flexibility index (Phi) is 4.79. The van der Waals surface area contributed by atoms with Gasteiger partial charge in [-0.25, -0.2) is 9.78 Å². The molecule has 22 heavy (non-hydrogen) atoms. The maximum Gasteiger partial charge on any atom is 0.317 e. The van der Waals surface area contributed by atoms with Crippen LogP contribution < -0.4 is 5.32 Å². The second-order valence-electron chi connectivity index (χ2n) is 5.53. The van der Waals surface area contributed by atoms with Crippen molar-refractivity contribution in [2.75, 3.05) is 13.6 Å². The average Bonchev–Trinajstić information content (AvgIpc) is 3.03.